The number of fused-ring (bicyclic) bond motifs is 1. The van der Waals surface area contributed by atoms with E-state index in [9.17, 15) is 15.0 Å². The number of aromatic nitrogens is 4. The van der Waals surface area contributed by atoms with Crippen molar-refractivity contribution in [3.05, 3.63) is 48.5 Å². The smallest absolute Gasteiger partial charge is 0.320 e. The third-order valence-electron chi connectivity index (χ3n) is 5.56. The van der Waals surface area contributed by atoms with Gasteiger partial charge in [0.1, 0.15) is 18.5 Å². The number of imidazole rings is 1. The second-order valence-electron chi connectivity index (χ2n) is 7.83. The standard InChI is InChI=1S/C21H26N6O5S/c22-14(20(29)30)6-7-33-9-15-17(28)21(31,10-32-15)27-12-26-16-18(24-11-25-19(16)27)23-8-13-4-2-1-3-5-13/h1-5,11-12,14-15,17,28,31H,6-10,22H2,(H,29,30)(H,23,24,25). The molecule has 0 aliphatic carbocycles. The molecule has 0 bridgehead atoms. The summed E-state index contributed by atoms with van der Waals surface area (Å²) in [5.74, 6) is 0.340. The van der Waals surface area contributed by atoms with Crippen molar-refractivity contribution in [1.82, 2.24) is 19.5 Å². The van der Waals surface area contributed by atoms with Gasteiger partial charge < -0.3 is 31.1 Å². The van der Waals surface area contributed by atoms with Gasteiger partial charge in [0.2, 0.25) is 0 Å². The van der Waals surface area contributed by atoms with E-state index in [4.69, 9.17) is 15.6 Å². The fourth-order valence-corrected chi connectivity index (χ4v) is 4.72. The number of aliphatic hydroxyl groups excluding tert-OH is 1. The summed E-state index contributed by atoms with van der Waals surface area (Å²) in [5.41, 5.74) is 5.67. The SMILES string of the molecule is NC(CCSCC1OCC(O)(n2cnc3c(NCc4ccccc4)ncnc32)C1O)C(=O)O. The van der Waals surface area contributed by atoms with Crippen LogP contribution in [0.4, 0.5) is 5.82 Å². The van der Waals surface area contributed by atoms with Crippen LogP contribution in [0.15, 0.2) is 43.0 Å². The highest BCUT2D eigenvalue weighted by atomic mass is 32.2. The van der Waals surface area contributed by atoms with Gasteiger partial charge >= 0.3 is 5.97 Å². The molecule has 3 aromatic rings. The van der Waals surface area contributed by atoms with Crippen molar-refractivity contribution in [3.8, 4) is 0 Å². The molecule has 2 aromatic heterocycles. The normalized spacial score (nSPS) is 23.6. The number of rotatable bonds is 10. The van der Waals surface area contributed by atoms with Crippen LogP contribution in [0.1, 0.15) is 12.0 Å². The maximum atomic E-state index is 11.3. The Morgan fingerprint density at radius 1 is 1.33 bits per heavy atom. The minimum atomic E-state index is -1.75. The summed E-state index contributed by atoms with van der Waals surface area (Å²) < 4.78 is 7.08. The lowest BCUT2D eigenvalue weighted by Crippen LogP contribution is -2.46. The van der Waals surface area contributed by atoms with E-state index < -0.39 is 29.9 Å². The van der Waals surface area contributed by atoms with Crippen LogP contribution in [0.3, 0.4) is 0 Å². The Balaban J connectivity index is 1.44. The van der Waals surface area contributed by atoms with Gasteiger partial charge in [0.15, 0.2) is 22.7 Å². The van der Waals surface area contributed by atoms with Gasteiger partial charge in [0.05, 0.1) is 19.0 Å². The summed E-state index contributed by atoms with van der Waals surface area (Å²) in [6.07, 6.45) is 1.22. The van der Waals surface area contributed by atoms with Crippen LogP contribution in [0.25, 0.3) is 11.2 Å². The van der Waals surface area contributed by atoms with Crippen LogP contribution in [0, 0.1) is 0 Å². The number of nitrogens with one attached hydrogen (secondary N) is 1. The minimum absolute atomic E-state index is 0.143. The number of hydrogen-bond acceptors (Lipinski definition) is 10. The molecule has 33 heavy (non-hydrogen) atoms. The lowest BCUT2D eigenvalue weighted by molar-refractivity contribution is -0.138. The summed E-state index contributed by atoms with van der Waals surface area (Å²) in [6.45, 7) is 0.400. The third-order valence-corrected chi connectivity index (χ3v) is 6.65. The molecule has 11 nitrogen and oxygen atoms in total. The van der Waals surface area contributed by atoms with E-state index in [2.05, 4.69) is 20.3 Å². The molecule has 1 fully saturated rings. The van der Waals surface area contributed by atoms with Gasteiger partial charge in [0.25, 0.3) is 0 Å². The Labute approximate surface area is 194 Å². The number of benzene rings is 1. The highest BCUT2D eigenvalue weighted by molar-refractivity contribution is 7.99. The van der Waals surface area contributed by atoms with Crippen LogP contribution in [-0.4, -0.2) is 77.2 Å². The zero-order valence-corrected chi connectivity index (χ0v) is 18.6. The molecular weight excluding hydrogens is 448 g/mol. The molecule has 4 unspecified atom stereocenters. The van der Waals surface area contributed by atoms with E-state index in [0.29, 0.717) is 41.5 Å². The quantitative estimate of drug-likeness (QED) is 0.257. The molecule has 3 heterocycles. The van der Waals surface area contributed by atoms with E-state index in [1.165, 1.54) is 29.0 Å². The molecule has 1 aromatic carbocycles. The minimum Gasteiger partial charge on any atom is -0.480 e. The first-order valence-electron chi connectivity index (χ1n) is 10.4. The van der Waals surface area contributed by atoms with Crippen LogP contribution in [0.5, 0.6) is 0 Å². The monoisotopic (exact) mass is 474 g/mol. The van der Waals surface area contributed by atoms with Crippen molar-refractivity contribution >= 4 is 34.7 Å². The molecular formula is C21H26N6O5S. The molecule has 1 saturated heterocycles. The predicted octanol–water partition coefficient (Wildman–Crippen LogP) is 0.378. The Hall–Kier alpha value is -2.77. The predicted molar refractivity (Wildman–Crippen MR) is 123 cm³/mol. The van der Waals surface area contributed by atoms with Crippen molar-refractivity contribution in [3.63, 3.8) is 0 Å². The molecule has 176 valence electrons. The van der Waals surface area contributed by atoms with Gasteiger partial charge in [-0.05, 0) is 17.7 Å². The Morgan fingerprint density at radius 3 is 2.88 bits per heavy atom. The first-order valence-corrected chi connectivity index (χ1v) is 11.6. The second kappa shape index (κ2) is 10.0. The molecule has 1 aliphatic heterocycles. The maximum Gasteiger partial charge on any atom is 0.320 e. The number of carboxylic acid groups (broad SMARTS) is 1. The molecule has 0 amide bonds. The average Bonchev–Trinajstić information content (AvgIpc) is 3.38. The molecule has 0 saturated carbocycles. The van der Waals surface area contributed by atoms with Crippen molar-refractivity contribution in [1.29, 1.82) is 0 Å². The highest BCUT2D eigenvalue weighted by Gasteiger charge is 2.50. The third kappa shape index (κ3) is 4.94. The number of anilines is 1. The van der Waals surface area contributed by atoms with Crippen LogP contribution < -0.4 is 11.1 Å². The van der Waals surface area contributed by atoms with Crippen molar-refractivity contribution < 1.29 is 24.9 Å². The van der Waals surface area contributed by atoms with Gasteiger partial charge in [-0.3, -0.25) is 9.36 Å². The lowest BCUT2D eigenvalue weighted by atomic mass is 10.1. The van der Waals surface area contributed by atoms with E-state index in [1.54, 1.807) is 0 Å². The van der Waals surface area contributed by atoms with E-state index in [1.807, 2.05) is 30.3 Å². The Kier molecular flexibility index (Phi) is 7.10. The number of thioether (sulfide) groups is 1. The average molecular weight is 475 g/mol. The van der Waals surface area contributed by atoms with Gasteiger partial charge in [-0.25, -0.2) is 15.0 Å². The second-order valence-corrected chi connectivity index (χ2v) is 8.98. The van der Waals surface area contributed by atoms with Crippen molar-refractivity contribution in [2.45, 2.75) is 36.9 Å². The van der Waals surface area contributed by atoms with E-state index in [0.717, 1.165) is 5.56 Å². The van der Waals surface area contributed by atoms with Gasteiger partial charge in [-0.2, -0.15) is 11.8 Å². The maximum absolute atomic E-state index is 11.3. The molecule has 0 spiro atoms. The lowest BCUT2D eigenvalue weighted by Gasteiger charge is -2.27. The Morgan fingerprint density at radius 2 is 2.12 bits per heavy atom. The summed E-state index contributed by atoms with van der Waals surface area (Å²) in [5, 5.41) is 34.2. The summed E-state index contributed by atoms with van der Waals surface area (Å²) in [7, 11) is 0. The summed E-state index contributed by atoms with van der Waals surface area (Å²) in [4.78, 5) is 23.7. The zero-order chi connectivity index (χ0) is 23.4. The van der Waals surface area contributed by atoms with Crippen LogP contribution >= 0.6 is 11.8 Å². The van der Waals surface area contributed by atoms with Crippen molar-refractivity contribution in [2.24, 2.45) is 5.73 Å². The van der Waals surface area contributed by atoms with Crippen LogP contribution in [0.2, 0.25) is 0 Å². The Bertz CT molecular complexity index is 1100. The first-order chi connectivity index (χ1) is 15.9. The first kappa shape index (κ1) is 23.4. The number of carboxylic acids is 1. The number of aliphatic hydroxyl groups is 2. The number of hydrogen-bond donors (Lipinski definition) is 5. The zero-order valence-electron chi connectivity index (χ0n) is 17.7. The fraction of sp³-hybridized carbons (Fsp3) is 0.429. The number of aliphatic carboxylic acids is 1. The largest absolute Gasteiger partial charge is 0.480 e. The molecule has 12 heteroatoms. The number of nitrogens with two attached hydrogens (primary N) is 1. The summed E-state index contributed by atoms with van der Waals surface area (Å²) in [6, 6.07) is 8.91. The number of nitrogens with zero attached hydrogens (tertiary/aromatic N) is 4. The van der Waals surface area contributed by atoms with Gasteiger partial charge in [0, 0.05) is 12.3 Å². The number of carbonyl (C=O) groups is 1. The van der Waals surface area contributed by atoms with Crippen LogP contribution in [-0.2, 0) is 21.8 Å². The van der Waals surface area contributed by atoms with Crippen molar-refractivity contribution in [2.75, 3.05) is 23.4 Å². The van der Waals surface area contributed by atoms with E-state index in [-0.39, 0.29) is 6.61 Å². The molecule has 4 atom stereocenters. The topological polar surface area (TPSA) is 169 Å². The summed E-state index contributed by atoms with van der Waals surface area (Å²) >= 11 is 1.41. The molecule has 4 rings (SSSR count). The highest BCUT2D eigenvalue weighted by Crippen LogP contribution is 2.34. The molecule has 0 radical (unpaired) electrons. The van der Waals surface area contributed by atoms with E-state index >= 15 is 0 Å². The van der Waals surface area contributed by atoms with Gasteiger partial charge in [-0.15, -0.1) is 0 Å². The molecule has 6 N–H and O–H groups in total. The molecule has 1 aliphatic rings. The fourth-order valence-electron chi connectivity index (χ4n) is 3.62. The number of ether oxygens (including phenoxy) is 1. The van der Waals surface area contributed by atoms with Gasteiger partial charge in [-0.1, -0.05) is 30.3 Å².